The standard InChI is InChI=1S/C85H166O17P2/c1-6-10-13-16-19-22-25-28-29-35-40-44-49-54-59-64-69-83(88)96-75-81(102-85(90)71-66-61-56-51-46-41-36-33-31-30-32-34-39-42-47-52-57-62-67-78(5)9-4)77-100-104(93,94)98-73-79(86)72-97-103(91,92)99-76-80(101-84(89)70-65-60-55-50-45-38-27-24-21-18-15-12-8-3)74-95-82(87)68-63-58-53-48-43-37-26-23-20-17-14-11-7-2/h78-81,86H,6-77H2,1-5H3,(H,91,92)(H,93,94)/t78?,79-,80+,81+/m0/s1. The van der Waals surface area contributed by atoms with E-state index in [0.29, 0.717) is 25.7 Å². The number of aliphatic hydroxyl groups excluding tert-OH is 1. The molecule has 0 saturated carbocycles. The highest BCUT2D eigenvalue weighted by molar-refractivity contribution is 7.47. The van der Waals surface area contributed by atoms with Gasteiger partial charge in [-0.15, -0.1) is 0 Å². The summed E-state index contributed by atoms with van der Waals surface area (Å²) in [4.78, 5) is 73.2. The van der Waals surface area contributed by atoms with Crippen molar-refractivity contribution in [2.75, 3.05) is 39.6 Å². The highest BCUT2D eigenvalue weighted by atomic mass is 31.2. The minimum atomic E-state index is -4.96. The van der Waals surface area contributed by atoms with Crippen LogP contribution in [0.3, 0.4) is 0 Å². The largest absolute Gasteiger partial charge is 0.472 e. The molecule has 0 aliphatic rings. The summed E-state index contributed by atoms with van der Waals surface area (Å²) in [5, 5.41) is 10.7. The molecule has 104 heavy (non-hydrogen) atoms. The minimum Gasteiger partial charge on any atom is -0.462 e. The van der Waals surface area contributed by atoms with Crippen molar-refractivity contribution in [2.24, 2.45) is 5.92 Å². The molecule has 0 aromatic heterocycles. The molecular formula is C85H166O17P2. The Bertz CT molecular complexity index is 1980. The number of aliphatic hydroxyl groups is 1. The Labute approximate surface area is 638 Å². The van der Waals surface area contributed by atoms with Gasteiger partial charge < -0.3 is 33.8 Å². The van der Waals surface area contributed by atoms with Crippen molar-refractivity contribution in [3.63, 3.8) is 0 Å². The average molecular weight is 1520 g/mol. The van der Waals surface area contributed by atoms with Crippen LogP contribution in [-0.4, -0.2) is 96.7 Å². The lowest BCUT2D eigenvalue weighted by Gasteiger charge is -2.21. The van der Waals surface area contributed by atoms with Gasteiger partial charge in [0.15, 0.2) is 12.2 Å². The number of carbonyl (C=O) groups is 4. The van der Waals surface area contributed by atoms with E-state index < -0.39 is 97.5 Å². The summed E-state index contributed by atoms with van der Waals surface area (Å²) in [5.41, 5.74) is 0. The summed E-state index contributed by atoms with van der Waals surface area (Å²) in [6.45, 7) is 7.43. The highest BCUT2D eigenvalue weighted by Gasteiger charge is 2.30. The molecule has 0 amide bonds. The molecule has 0 fully saturated rings. The minimum absolute atomic E-state index is 0.109. The Morgan fingerprint density at radius 1 is 0.269 bits per heavy atom. The predicted octanol–water partition coefficient (Wildman–Crippen LogP) is 26.0. The molecule has 0 aromatic rings. The summed E-state index contributed by atoms with van der Waals surface area (Å²) < 4.78 is 68.9. The van der Waals surface area contributed by atoms with Gasteiger partial charge >= 0.3 is 39.5 Å². The number of hydrogen-bond donors (Lipinski definition) is 3. The Balaban J connectivity index is 5.23. The quantitative estimate of drug-likeness (QED) is 0.0222. The molecule has 19 heteroatoms. The molecule has 3 N–H and O–H groups in total. The summed E-state index contributed by atoms with van der Waals surface area (Å²) in [6.07, 6.45) is 70.6. The van der Waals surface area contributed by atoms with Gasteiger partial charge in [-0.1, -0.05) is 407 Å². The van der Waals surface area contributed by atoms with E-state index in [-0.39, 0.29) is 25.7 Å². The first-order valence-electron chi connectivity index (χ1n) is 44.2. The first kappa shape index (κ1) is 102. The highest BCUT2D eigenvalue weighted by Crippen LogP contribution is 2.45. The molecule has 3 unspecified atom stereocenters. The van der Waals surface area contributed by atoms with Crippen LogP contribution in [0.25, 0.3) is 0 Å². The van der Waals surface area contributed by atoms with E-state index in [2.05, 4.69) is 34.6 Å². The normalized spacial score (nSPS) is 14.0. The number of hydrogen-bond acceptors (Lipinski definition) is 15. The smallest absolute Gasteiger partial charge is 0.462 e. The SMILES string of the molecule is CCCCCCCCCCCCCCCCCCC(=O)OC[C@H](COP(=O)(O)OC[C@@H](O)COP(=O)(O)OC[C@@H](COC(=O)CCCCCCCCCCCCCCC)OC(=O)CCCCCCCCCCCCCCC)OC(=O)CCCCCCCCCCCCCCCCCCCCC(C)CC. The Morgan fingerprint density at radius 3 is 0.683 bits per heavy atom. The van der Waals surface area contributed by atoms with E-state index in [9.17, 15) is 43.2 Å². The Kier molecular flexibility index (Phi) is 76.3. The molecule has 0 aromatic carbocycles. The number of carbonyl (C=O) groups excluding carboxylic acids is 4. The second kappa shape index (κ2) is 77.8. The first-order valence-corrected chi connectivity index (χ1v) is 47.2. The van der Waals surface area contributed by atoms with Crippen LogP contribution in [0.5, 0.6) is 0 Å². The zero-order chi connectivity index (χ0) is 76.2. The lowest BCUT2D eigenvalue weighted by Crippen LogP contribution is -2.30. The molecule has 0 spiro atoms. The average Bonchev–Trinajstić information content (AvgIpc) is 0.907. The zero-order valence-corrected chi connectivity index (χ0v) is 70.0. The predicted molar refractivity (Wildman–Crippen MR) is 428 cm³/mol. The van der Waals surface area contributed by atoms with Crippen molar-refractivity contribution < 1.29 is 80.2 Å². The molecular weight excluding hydrogens is 1350 g/mol. The summed E-state index contributed by atoms with van der Waals surface area (Å²) in [6, 6.07) is 0. The molecule has 618 valence electrons. The van der Waals surface area contributed by atoms with E-state index in [0.717, 1.165) is 95.8 Å². The molecule has 0 heterocycles. The number of unbranched alkanes of at least 4 members (excludes halogenated alkanes) is 56. The van der Waals surface area contributed by atoms with Crippen LogP contribution in [0, 0.1) is 5.92 Å². The van der Waals surface area contributed by atoms with Crippen LogP contribution in [0.15, 0.2) is 0 Å². The molecule has 0 radical (unpaired) electrons. The van der Waals surface area contributed by atoms with E-state index >= 15 is 0 Å². The van der Waals surface area contributed by atoms with Crippen LogP contribution in [0.2, 0.25) is 0 Å². The van der Waals surface area contributed by atoms with Crippen LogP contribution < -0.4 is 0 Å². The van der Waals surface area contributed by atoms with E-state index in [1.54, 1.807) is 0 Å². The van der Waals surface area contributed by atoms with E-state index in [4.69, 9.17) is 37.0 Å². The fourth-order valence-electron chi connectivity index (χ4n) is 13.3. The van der Waals surface area contributed by atoms with Crippen LogP contribution in [0.4, 0.5) is 0 Å². The maximum atomic E-state index is 13.1. The number of rotatable bonds is 85. The number of phosphoric ester groups is 2. The summed E-state index contributed by atoms with van der Waals surface area (Å²) >= 11 is 0. The van der Waals surface area contributed by atoms with Crippen molar-refractivity contribution in [3.05, 3.63) is 0 Å². The van der Waals surface area contributed by atoms with Crippen LogP contribution >= 0.6 is 15.6 Å². The molecule has 17 nitrogen and oxygen atoms in total. The lowest BCUT2D eigenvalue weighted by atomic mass is 9.99. The maximum absolute atomic E-state index is 13.1. The van der Waals surface area contributed by atoms with E-state index in [1.807, 2.05) is 0 Å². The third kappa shape index (κ3) is 76.8. The van der Waals surface area contributed by atoms with Gasteiger partial charge in [0, 0.05) is 25.7 Å². The van der Waals surface area contributed by atoms with E-state index in [1.165, 1.54) is 283 Å². The fraction of sp³-hybridized carbons (Fsp3) is 0.953. The molecule has 0 rings (SSSR count). The Morgan fingerprint density at radius 2 is 0.462 bits per heavy atom. The van der Waals surface area contributed by atoms with Crippen molar-refractivity contribution in [3.8, 4) is 0 Å². The van der Waals surface area contributed by atoms with Gasteiger partial charge in [-0.25, -0.2) is 9.13 Å². The second-order valence-corrected chi connectivity index (χ2v) is 33.7. The third-order valence-corrected chi connectivity index (χ3v) is 22.3. The zero-order valence-electron chi connectivity index (χ0n) is 68.2. The summed E-state index contributed by atoms with van der Waals surface area (Å²) in [7, 11) is -9.92. The van der Waals surface area contributed by atoms with Gasteiger partial charge in [0.05, 0.1) is 26.4 Å². The molecule has 0 saturated heterocycles. The molecule has 0 bridgehead atoms. The maximum Gasteiger partial charge on any atom is 0.472 e. The monoisotopic (exact) mass is 1520 g/mol. The topological polar surface area (TPSA) is 237 Å². The van der Waals surface area contributed by atoms with Crippen LogP contribution in [-0.2, 0) is 65.4 Å². The molecule has 0 aliphatic carbocycles. The van der Waals surface area contributed by atoms with Crippen molar-refractivity contribution in [1.82, 2.24) is 0 Å². The molecule has 6 atom stereocenters. The van der Waals surface area contributed by atoms with Gasteiger partial charge in [0.2, 0.25) is 0 Å². The van der Waals surface area contributed by atoms with Gasteiger partial charge in [-0.2, -0.15) is 0 Å². The van der Waals surface area contributed by atoms with Gasteiger partial charge in [0.1, 0.15) is 19.3 Å². The van der Waals surface area contributed by atoms with Crippen molar-refractivity contribution in [2.45, 2.75) is 477 Å². The van der Waals surface area contributed by atoms with Crippen molar-refractivity contribution >= 4 is 39.5 Å². The summed E-state index contributed by atoms with van der Waals surface area (Å²) in [5.74, 6) is -1.23. The number of phosphoric acid groups is 2. The van der Waals surface area contributed by atoms with Gasteiger partial charge in [-0.05, 0) is 31.6 Å². The second-order valence-electron chi connectivity index (χ2n) is 30.8. The lowest BCUT2D eigenvalue weighted by molar-refractivity contribution is -0.161. The Hall–Kier alpha value is -1.94. The third-order valence-electron chi connectivity index (χ3n) is 20.4. The van der Waals surface area contributed by atoms with Gasteiger partial charge in [-0.3, -0.25) is 37.3 Å². The number of ether oxygens (including phenoxy) is 4. The van der Waals surface area contributed by atoms with Gasteiger partial charge in [0.25, 0.3) is 0 Å². The van der Waals surface area contributed by atoms with Crippen molar-refractivity contribution in [1.29, 1.82) is 0 Å². The number of esters is 4. The first-order chi connectivity index (χ1) is 50.6. The fourth-order valence-corrected chi connectivity index (χ4v) is 14.8. The molecule has 0 aliphatic heterocycles. The van der Waals surface area contributed by atoms with Crippen LogP contribution in [0.1, 0.15) is 458 Å².